The van der Waals surface area contributed by atoms with E-state index >= 15 is 0 Å². The van der Waals surface area contributed by atoms with E-state index in [0.717, 1.165) is 6.42 Å². The molecule has 0 aromatic heterocycles. The minimum atomic E-state index is -0.312. The molecule has 1 atom stereocenters. The van der Waals surface area contributed by atoms with Gasteiger partial charge in [-0.25, -0.2) is 0 Å². The monoisotopic (exact) mass is 185 g/mol. The van der Waals surface area contributed by atoms with E-state index in [4.69, 9.17) is 0 Å². The first-order valence-electron chi connectivity index (χ1n) is 4.93. The first-order chi connectivity index (χ1) is 6.08. The summed E-state index contributed by atoms with van der Waals surface area (Å²) in [6.07, 6.45) is 1.97. The summed E-state index contributed by atoms with van der Waals surface area (Å²) in [4.78, 5) is 22.0. The van der Waals surface area contributed by atoms with Gasteiger partial charge >= 0.3 is 0 Å². The Labute approximate surface area is 79.9 Å². The van der Waals surface area contributed by atoms with E-state index in [1.54, 1.807) is 0 Å². The number of nitrogens with one attached hydrogen (secondary N) is 1. The third-order valence-corrected chi connectivity index (χ3v) is 2.49. The minimum absolute atomic E-state index is 0.115. The number of piperidine rings is 1. The first-order valence-corrected chi connectivity index (χ1v) is 4.93. The molecule has 1 saturated heterocycles. The zero-order valence-electron chi connectivity index (χ0n) is 8.94. The molecule has 0 spiro atoms. The largest absolute Gasteiger partial charge is 0.296 e. The smallest absolute Gasteiger partial charge is 0.232 e. The van der Waals surface area contributed by atoms with Gasteiger partial charge < -0.3 is 0 Å². The summed E-state index contributed by atoms with van der Waals surface area (Å²) in [5.41, 5.74) is -0.312. The topological polar surface area (TPSA) is 46.2 Å². The molecule has 1 fully saturated rings. The van der Waals surface area contributed by atoms with E-state index in [1.807, 2.05) is 27.7 Å². The Bertz CT molecular complexity index is 201. The number of rotatable bonds is 1. The molecule has 0 radical (unpaired) electrons. The van der Waals surface area contributed by atoms with Crippen LogP contribution in [0.2, 0.25) is 0 Å². The Morgan fingerprint density at radius 2 is 1.92 bits per heavy atom. The highest BCUT2D eigenvalue weighted by molar-refractivity contribution is 6.00. The SMILES string of the molecule is CC.CCC1(C)CCC(=O)NC1=O. The average molecular weight is 185 g/mol. The third-order valence-electron chi connectivity index (χ3n) is 2.49. The van der Waals surface area contributed by atoms with Crippen molar-refractivity contribution in [1.82, 2.24) is 5.32 Å². The van der Waals surface area contributed by atoms with Crippen LogP contribution in [0.1, 0.15) is 47.0 Å². The van der Waals surface area contributed by atoms with Gasteiger partial charge in [0.2, 0.25) is 11.8 Å². The maximum Gasteiger partial charge on any atom is 0.232 e. The summed E-state index contributed by atoms with van der Waals surface area (Å²) >= 11 is 0. The number of hydrogen-bond donors (Lipinski definition) is 1. The quantitative estimate of drug-likeness (QED) is 0.634. The third kappa shape index (κ3) is 2.83. The van der Waals surface area contributed by atoms with Gasteiger partial charge in [0.25, 0.3) is 0 Å². The molecule has 0 saturated carbocycles. The van der Waals surface area contributed by atoms with Gasteiger partial charge in [0.1, 0.15) is 0 Å². The molecule has 1 aliphatic heterocycles. The van der Waals surface area contributed by atoms with E-state index in [9.17, 15) is 9.59 Å². The van der Waals surface area contributed by atoms with Crippen LogP contribution in [-0.4, -0.2) is 11.8 Å². The van der Waals surface area contributed by atoms with Crippen LogP contribution in [0.15, 0.2) is 0 Å². The highest BCUT2D eigenvalue weighted by Gasteiger charge is 2.36. The number of imide groups is 1. The van der Waals surface area contributed by atoms with Crippen LogP contribution in [0.3, 0.4) is 0 Å². The summed E-state index contributed by atoms with van der Waals surface area (Å²) in [6.45, 7) is 7.87. The zero-order valence-corrected chi connectivity index (χ0v) is 8.94. The van der Waals surface area contributed by atoms with Crippen molar-refractivity contribution in [3.8, 4) is 0 Å². The van der Waals surface area contributed by atoms with Gasteiger partial charge in [-0.15, -0.1) is 0 Å². The predicted octanol–water partition coefficient (Wildman–Crippen LogP) is 1.87. The van der Waals surface area contributed by atoms with Crippen LogP contribution in [0.5, 0.6) is 0 Å². The highest BCUT2D eigenvalue weighted by atomic mass is 16.2. The molecular weight excluding hydrogens is 166 g/mol. The molecular formula is C10H19NO2. The molecule has 1 aliphatic rings. The maximum absolute atomic E-state index is 11.2. The maximum atomic E-state index is 11.2. The Morgan fingerprint density at radius 1 is 1.38 bits per heavy atom. The molecule has 1 rings (SSSR count). The van der Waals surface area contributed by atoms with Crippen molar-refractivity contribution in [1.29, 1.82) is 0 Å². The van der Waals surface area contributed by atoms with E-state index in [0.29, 0.717) is 12.8 Å². The van der Waals surface area contributed by atoms with E-state index in [2.05, 4.69) is 5.32 Å². The van der Waals surface area contributed by atoms with Crippen LogP contribution in [0.25, 0.3) is 0 Å². The van der Waals surface area contributed by atoms with Gasteiger partial charge in [0, 0.05) is 11.8 Å². The fraction of sp³-hybridized carbons (Fsp3) is 0.800. The summed E-state index contributed by atoms with van der Waals surface area (Å²) in [5.74, 6) is -0.253. The second-order valence-corrected chi connectivity index (χ2v) is 3.29. The van der Waals surface area contributed by atoms with E-state index < -0.39 is 0 Å². The van der Waals surface area contributed by atoms with Gasteiger partial charge in [-0.3, -0.25) is 14.9 Å². The van der Waals surface area contributed by atoms with Gasteiger partial charge in [-0.2, -0.15) is 0 Å². The van der Waals surface area contributed by atoms with Crippen LogP contribution in [0.4, 0.5) is 0 Å². The summed E-state index contributed by atoms with van der Waals surface area (Å²) in [6, 6.07) is 0. The zero-order chi connectivity index (χ0) is 10.5. The summed E-state index contributed by atoms with van der Waals surface area (Å²) < 4.78 is 0. The molecule has 3 heteroatoms. The lowest BCUT2D eigenvalue weighted by molar-refractivity contribution is -0.141. The first kappa shape index (κ1) is 12.1. The minimum Gasteiger partial charge on any atom is -0.296 e. The molecule has 0 bridgehead atoms. The number of amides is 2. The molecule has 0 aromatic rings. The van der Waals surface area contributed by atoms with Gasteiger partial charge in [0.05, 0.1) is 0 Å². The Balaban J connectivity index is 0.000000671. The standard InChI is InChI=1S/C8H13NO2.C2H6/c1-3-8(2)5-4-6(10)9-7(8)11;1-2/h3-5H2,1-2H3,(H,9,10,11);1-2H3. The van der Waals surface area contributed by atoms with Crippen molar-refractivity contribution in [2.45, 2.75) is 47.0 Å². The summed E-state index contributed by atoms with van der Waals surface area (Å²) in [5, 5.41) is 2.34. The molecule has 1 unspecified atom stereocenters. The number of carbonyl (C=O) groups is 2. The Hall–Kier alpha value is -0.860. The number of hydrogen-bond acceptors (Lipinski definition) is 2. The normalized spacial score (nSPS) is 27.4. The second-order valence-electron chi connectivity index (χ2n) is 3.29. The highest BCUT2D eigenvalue weighted by Crippen LogP contribution is 2.30. The van der Waals surface area contributed by atoms with E-state index in [1.165, 1.54) is 0 Å². The van der Waals surface area contributed by atoms with Crippen LogP contribution in [-0.2, 0) is 9.59 Å². The van der Waals surface area contributed by atoms with Gasteiger partial charge in [-0.05, 0) is 12.8 Å². The van der Waals surface area contributed by atoms with Crippen LogP contribution >= 0.6 is 0 Å². The molecule has 1 heterocycles. The summed E-state index contributed by atoms with van der Waals surface area (Å²) in [7, 11) is 0. The molecule has 3 nitrogen and oxygen atoms in total. The van der Waals surface area contributed by atoms with Crippen molar-refractivity contribution < 1.29 is 9.59 Å². The van der Waals surface area contributed by atoms with Crippen molar-refractivity contribution in [3.05, 3.63) is 0 Å². The van der Waals surface area contributed by atoms with Gasteiger partial charge in [0.15, 0.2) is 0 Å². The van der Waals surface area contributed by atoms with E-state index in [-0.39, 0.29) is 17.2 Å². The Kier molecular flexibility index (Phi) is 4.67. The fourth-order valence-electron chi connectivity index (χ4n) is 1.18. The number of carbonyl (C=O) groups excluding carboxylic acids is 2. The average Bonchev–Trinajstić information content (AvgIpc) is 2.16. The van der Waals surface area contributed by atoms with Crippen molar-refractivity contribution in [2.24, 2.45) is 5.41 Å². The lowest BCUT2D eigenvalue weighted by Gasteiger charge is -2.30. The van der Waals surface area contributed by atoms with Crippen LogP contribution < -0.4 is 5.32 Å². The molecule has 76 valence electrons. The molecule has 1 N–H and O–H groups in total. The lowest BCUT2D eigenvalue weighted by atomic mass is 9.79. The fourth-order valence-corrected chi connectivity index (χ4v) is 1.18. The predicted molar refractivity (Wildman–Crippen MR) is 52.1 cm³/mol. The van der Waals surface area contributed by atoms with Crippen molar-refractivity contribution in [2.75, 3.05) is 0 Å². The molecule has 2 amide bonds. The van der Waals surface area contributed by atoms with Crippen molar-refractivity contribution >= 4 is 11.8 Å². The Morgan fingerprint density at radius 3 is 2.31 bits per heavy atom. The lowest BCUT2D eigenvalue weighted by Crippen LogP contribution is -2.46. The van der Waals surface area contributed by atoms with Gasteiger partial charge in [-0.1, -0.05) is 27.7 Å². The van der Waals surface area contributed by atoms with Crippen molar-refractivity contribution in [3.63, 3.8) is 0 Å². The molecule has 0 aromatic carbocycles. The molecule has 13 heavy (non-hydrogen) atoms. The second kappa shape index (κ2) is 5.00. The molecule has 0 aliphatic carbocycles. The van der Waals surface area contributed by atoms with Crippen LogP contribution in [0, 0.1) is 5.41 Å².